The van der Waals surface area contributed by atoms with Crippen LogP contribution in [0.5, 0.6) is 0 Å². The highest BCUT2D eigenvalue weighted by atomic mass is 32.2. The molecule has 18 heavy (non-hydrogen) atoms. The van der Waals surface area contributed by atoms with Crippen LogP contribution in [0.1, 0.15) is 5.56 Å². The van der Waals surface area contributed by atoms with Gasteiger partial charge >= 0.3 is 0 Å². The third kappa shape index (κ3) is 3.18. The Hall–Kier alpha value is -1.66. The Labute approximate surface area is 107 Å². The second-order valence-corrected chi connectivity index (χ2v) is 5.75. The molecule has 2 rings (SSSR count). The molecular weight excluding hydrogens is 250 g/mol. The first kappa shape index (κ1) is 12.8. The second kappa shape index (κ2) is 5.32. The monoisotopic (exact) mass is 265 g/mol. The summed E-state index contributed by atoms with van der Waals surface area (Å²) >= 11 is 0. The molecule has 0 atom stereocenters. The van der Waals surface area contributed by atoms with Gasteiger partial charge < -0.3 is 0 Å². The van der Waals surface area contributed by atoms with Gasteiger partial charge in [-0.1, -0.05) is 17.7 Å². The van der Waals surface area contributed by atoms with Gasteiger partial charge in [0, 0.05) is 18.9 Å². The molecule has 1 aromatic heterocycles. The summed E-state index contributed by atoms with van der Waals surface area (Å²) in [5.41, 5.74) is 1.03. The lowest BCUT2D eigenvalue weighted by atomic mass is 10.2. The Kier molecular flexibility index (Phi) is 3.78. The molecule has 0 aliphatic rings. The number of aryl methyl sites for hydroxylation is 1. The van der Waals surface area contributed by atoms with Crippen molar-refractivity contribution in [3.8, 4) is 0 Å². The van der Waals surface area contributed by atoms with Crippen LogP contribution < -0.4 is 4.72 Å². The molecule has 0 unspecified atom stereocenters. The van der Waals surface area contributed by atoms with Gasteiger partial charge in [-0.3, -0.25) is 4.68 Å². The quantitative estimate of drug-likeness (QED) is 0.882. The number of nitrogens with zero attached hydrogens (tertiary/aromatic N) is 2. The van der Waals surface area contributed by atoms with E-state index in [1.807, 2.05) is 6.92 Å². The first-order valence-corrected chi connectivity index (χ1v) is 7.10. The van der Waals surface area contributed by atoms with Gasteiger partial charge in [-0.25, -0.2) is 13.1 Å². The lowest BCUT2D eigenvalue weighted by Gasteiger charge is -2.07. The SMILES string of the molecule is Cc1ccc(S(=O)(=O)NCCn2cccn2)cc1. The van der Waals surface area contributed by atoms with E-state index in [1.54, 1.807) is 47.4 Å². The van der Waals surface area contributed by atoms with E-state index in [4.69, 9.17) is 0 Å². The van der Waals surface area contributed by atoms with Crippen LogP contribution in [0, 0.1) is 6.92 Å². The van der Waals surface area contributed by atoms with E-state index in [1.165, 1.54) is 0 Å². The highest BCUT2D eigenvalue weighted by Gasteiger charge is 2.12. The first-order valence-electron chi connectivity index (χ1n) is 5.62. The molecule has 2 aromatic rings. The Morgan fingerprint density at radius 1 is 1.28 bits per heavy atom. The van der Waals surface area contributed by atoms with E-state index in [2.05, 4.69) is 9.82 Å². The molecule has 0 fully saturated rings. The van der Waals surface area contributed by atoms with Gasteiger partial charge in [0.25, 0.3) is 0 Å². The average molecular weight is 265 g/mol. The Morgan fingerprint density at radius 3 is 2.61 bits per heavy atom. The summed E-state index contributed by atoms with van der Waals surface area (Å²) in [5, 5.41) is 4.00. The molecule has 6 heteroatoms. The molecule has 96 valence electrons. The third-order valence-corrected chi connectivity index (χ3v) is 4.00. The summed E-state index contributed by atoms with van der Waals surface area (Å²) in [4.78, 5) is 0.286. The van der Waals surface area contributed by atoms with Gasteiger partial charge in [-0.2, -0.15) is 5.10 Å². The molecule has 0 amide bonds. The van der Waals surface area contributed by atoms with E-state index in [9.17, 15) is 8.42 Å². The molecule has 0 spiro atoms. The fourth-order valence-corrected chi connectivity index (χ4v) is 2.55. The van der Waals surface area contributed by atoms with Crippen molar-refractivity contribution in [3.63, 3.8) is 0 Å². The molecule has 1 aromatic carbocycles. The number of benzene rings is 1. The number of nitrogens with one attached hydrogen (secondary N) is 1. The van der Waals surface area contributed by atoms with Gasteiger partial charge in [-0.05, 0) is 25.1 Å². The van der Waals surface area contributed by atoms with Gasteiger partial charge in [0.1, 0.15) is 0 Å². The molecule has 0 saturated carbocycles. The average Bonchev–Trinajstić information content (AvgIpc) is 2.82. The van der Waals surface area contributed by atoms with Crippen LogP contribution in [-0.2, 0) is 16.6 Å². The van der Waals surface area contributed by atoms with E-state index in [-0.39, 0.29) is 4.90 Å². The fourth-order valence-electron chi connectivity index (χ4n) is 1.53. The maximum atomic E-state index is 11.9. The van der Waals surface area contributed by atoms with Crippen LogP contribution in [0.2, 0.25) is 0 Å². The number of sulfonamides is 1. The van der Waals surface area contributed by atoms with Crippen molar-refractivity contribution in [1.82, 2.24) is 14.5 Å². The van der Waals surface area contributed by atoms with Crippen molar-refractivity contribution >= 4 is 10.0 Å². The molecule has 0 aliphatic carbocycles. The summed E-state index contributed by atoms with van der Waals surface area (Å²) in [6, 6.07) is 8.57. The van der Waals surface area contributed by atoms with Crippen LogP contribution in [0.4, 0.5) is 0 Å². The zero-order valence-electron chi connectivity index (χ0n) is 10.1. The van der Waals surface area contributed by atoms with Crippen LogP contribution in [-0.4, -0.2) is 24.7 Å². The van der Waals surface area contributed by atoms with Crippen molar-refractivity contribution in [2.45, 2.75) is 18.4 Å². The predicted octanol–water partition coefficient (Wildman–Crippen LogP) is 1.17. The minimum atomic E-state index is -3.42. The summed E-state index contributed by atoms with van der Waals surface area (Å²) in [6.45, 7) is 2.75. The van der Waals surface area contributed by atoms with Crippen molar-refractivity contribution in [2.75, 3.05) is 6.54 Å². The Balaban J connectivity index is 1.97. The third-order valence-electron chi connectivity index (χ3n) is 2.52. The number of hydrogen-bond acceptors (Lipinski definition) is 3. The summed E-state index contributed by atoms with van der Waals surface area (Å²) < 4.78 is 28.1. The topological polar surface area (TPSA) is 64.0 Å². The lowest BCUT2D eigenvalue weighted by molar-refractivity contribution is 0.561. The van der Waals surface area contributed by atoms with E-state index in [0.717, 1.165) is 5.56 Å². The van der Waals surface area contributed by atoms with Crippen molar-refractivity contribution < 1.29 is 8.42 Å². The van der Waals surface area contributed by atoms with E-state index >= 15 is 0 Å². The highest BCUT2D eigenvalue weighted by Crippen LogP contribution is 2.09. The van der Waals surface area contributed by atoms with Gasteiger partial charge in [0.15, 0.2) is 0 Å². The molecule has 0 saturated heterocycles. The Bertz CT molecular complexity index is 589. The first-order chi connectivity index (χ1) is 8.58. The van der Waals surface area contributed by atoms with Crippen molar-refractivity contribution in [2.24, 2.45) is 0 Å². The zero-order valence-corrected chi connectivity index (χ0v) is 10.9. The van der Waals surface area contributed by atoms with Crippen LogP contribution in [0.3, 0.4) is 0 Å². The summed E-state index contributed by atoms with van der Waals surface area (Å²) in [5.74, 6) is 0. The summed E-state index contributed by atoms with van der Waals surface area (Å²) in [6.07, 6.45) is 3.45. The molecule has 0 aliphatic heterocycles. The maximum absolute atomic E-state index is 11.9. The van der Waals surface area contributed by atoms with E-state index in [0.29, 0.717) is 13.1 Å². The van der Waals surface area contributed by atoms with Gasteiger partial charge in [0.05, 0.1) is 11.4 Å². The van der Waals surface area contributed by atoms with Crippen molar-refractivity contribution in [1.29, 1.82) is 0 Å². The van der Waals surface area contributed by atoms with Crippen molar-refractivity contribution in [3.05, 3.63) is 48.3 Å². The van der Waals surface area contributed by atoms with Crippen LogP contribution in [0.15, 0.2) is 47.6 Å². The number of hydrogen-bond donors (Lipinski definition) is 1. The molecule has 0 bridgehead atoms. The number of rotatable bonds is 5. The maximum Gasteiger partial charge on any atom is 0.240 e. The molecular formula is C12H15N3O2S. The molecule has 0 radical (unpaired) electrons. The van der Waals surface area contributed by atoms with Crippen LogP contribution >= 0.6 is 0 Å². The summed E-state index contributed by atoms with van der Waals surface area (Å²) in [7, 11) is -3.42. The van der Waals surface area contributed by atoms with Gasteiger partial charge in [0.2, 0.25) is 10.0 Å². The number of aromatic nitrogens is 2. The largest absolute Gasteiger partial charge is 0.271 e. The standard InChI is InChI=1S/C12H15N3O2S/c1-11-3-5-12(6-4-11)18(16,17)14-8-10-15-9-2-7-13-15/h2-7,9,14H,8,10H2,1H3. The minimum Gasteiger partial charge on any atom is -0.271 e. The van der Waals surface area contributed by atoms with Crippen LogP contribution in [0.25, 0.3) is 0 Å². The molecule has 5 nitrogen and oxygen atoms in total. The van der Waals surface area contributed by atoms with Gasteiger partial charge in [-0.15, -0.1) is 0 Å². The molecule has 1 N–H and O–H groups in total. The minimum absolute atomic E-state index is 0.286. The normalized spacial score (nSPS) is 11.6. The zero-order chi connectivity index (χ0) is 13.0. The Morgan fingerprint density at radius 2 is 2.00 bits per heavy atom. The van der Waals surface area contributed by atoms with E-state index < -0.39 is 10.0 Å². The smallest absolute Gasteiger partial charge is 0.240 e. The fraction of sp³-hybridized carbons (Fsp3) is 0.250. The lowest BCUT2D eigenvalue weighted by Crippen LogP contribution is -2.27. The molecule has 1 heterocycles. The highest BCUT2D eigenvalue weighted by molar-refractivity contribution is 7.89. The predicted molar refractivity (Wildman–Crippen MR) is 68.6 cm³/mol. The second-order valence-electron chi connectivity index (χ2n) is 3.98.